The number of morpholine rings is 1. The zero-order valence-corrected chi connectivity index (χ0v) is 16.8. The van der Waals surface area contributed by atoms with Gasteiger partial charge in [-0.25, -0.2) is 17.1 Å². The van der Waals surface area contributed by atoms with E-state index >= 15 is 0 Å². The summed E-state index contributed by atoms with van der Waals surface area (Å²) < 4.78 is 49.1. The minimum absolute atomic E-state index is 0.0178. The lowest BCUT2D eigenvalue weighted by molar-refractivity contribution is -0.154. The van der Waals surface area contributed by atoms with Gasteiger partial charge in [0, 0.05) is 33.1 Å². The van der Waals surface area contributed by atoms with Crippen molar-refractivity contribution in [3.05, 3.63) is 30.1 Å². The Morgan fingerprint density at radius 3 is 2.64 bits per heavy atom. The summed E-state index contributed by atoms with van der Waals surface area (Å²) >= 11 is 0. The second-order valence-corrected chi connectivity index (χ2v) is 8.61. The van der Waals surface area contributed by atoms with E-state index in [2.05, 4.69) is 0 Å². The van der Waals surface area contributed by atoms with Gasteiger partial charge in [-0.3, -0.25) is 9.59 Å². The van der Waals surface area contributed by atoms with Gasteiger partial charge in [0.2, 0.25) is 10.0 Å². The molecule has 1 aromatic carbocycles. The van der Waals surface area contributed by atoms with E-state index in [9.17, 15) is 22.4 Å². The minimum atomic E-state index is -3.76. The predicted octanol–water partition coefficient (Wildman–Crippen LogP) is 1.02. The summed E-state index contributed by atoms with van der Waals surface area (Å²) in [6, 6.07) is 4.52. The van der Waals surface area contributed by atoms with Crippen molar-refractivity contribution >= 4 is 21.9 Å². The molecule has 0 saturated carbocycles. The van der Waals surface area contributed by atoms with Gasteiger partial charge in [-0.15, -0.1) is 0 Å². The second-order valence-electron chi connectivity index (χ2n) is 6.57. The number of ether oxygens (including phenoxy) is 2. The summed E-state index contributed by atoms with van der Waals surface area (Å²) in [7, 11) is -2.38. The number of esters is 1. The van der Waals surface area contributed by atoms with Gasteiger partial charge in [-0.2, -0.15) is 0 Å². The van der Waals surface area contributed by atoms with Crippen LogP contribution >= 0.6 is 0 Å². The molecule has 8 nitrogen and oxygen atoms in total. The van der Waals surface area contributed by atoms with Crippen LogP contribution in [0.25, 0.3) is 0 Å². The SMILES string of the molecule is CC1CN(C(=O)COC(=O)CCCN(C)S(=O)(=O)c2ccc(F)cc2)CCO1. The maximum Gasteiger partial charge on any atom is 0.306 e. The number of carbonyl (C=O) groups excluding carboxylic acids is 2. The monoisotopic (exact) mass is 416 g/mol. The highest BCUT2D eigenvalue weighted by atomic mass is 32.2. The van der Waals surface area contributed by atoms with Gasteiger partial charge < -0.3 is 14.4 Å². The van der Waals surface area contributed by atoms with Crippen LogP contribution in [0.15, 0.2) is 29.2 Å². The first-order valence-corrected chi connectivity index (χ1v) is 10.4. The topological polar surface area (TPSA) is 93.2 Å². The Kier molecular flexibility index (Phi) is 7.90. The van der Waals surface area contributed by atoms with Crippen molar-refractivity contribution in [3.63, 3.8) is 0 Å². The Morgan fingerprint density at radius 1 is 1.32 bits per heavy atom. The highest BCUT2D eigenvalue weighted by Gasteiger charge is 2.23. The summed E-state index contributed by atoms with van der Waals surface area (Å²) in [6.45, 7) is 2.99. The largest absolute Gasteiger partial charge is 0.456 e. The summed E-state index contributed by atoms with van der Waals surface area (Å²) in [4.78, 5) is 25.4. The fourth-order valence-corrected chi connectivity index (χ4v) is 3.91. The van der Waals surface area contributed by atoms with Crippen LogP contribution in [0.2, 0.25) is 0 Å². The van der Waals surface area contributed by atoms with Crippen LogP contribution < -0.4 is 0 Å². The first-order chi connectivity index (χ1) is 13.2. The highest BCUT2D eigenvalue weighted by Crippen LogP contribution is 2.15. The lowest BCUT2D eigenvalue weighted by atomic mass is 10.3. The molecule has 1 aromatic rings. The van der Waals surface area contributed by atoms with Crippen molar-refractivity contribution in [2.45, 2.75) is 30.8 Å². The molecule has 0 bridgehead atoms. The van der Waals surface area contributed by atoms with Crippen molar-refractivity contribution in [1.29, 1.82) is 0 Å². The van der Waals surface area contributed by atoms with Gasteiger partial charge in [0.25, 0.3) is 5.91 Å². The molecule has 1 amide bonds. The molecule has 0 radical (unpaired) electrons. The molecule has 28 heavy (non-hydrogen) atoms. The first-order valence-electron chi connectivity index (χ1n) is 8.97. The third kappa shape index (κ3) is 6.25. The van der Waals surface area contributed by atoms with Gasteiger partial charge in [0.05, 0.1) is 17.6 Å². The maximum absolute atomic E-state index is 12.9. The first kappa shape index (κ1) is 22.3. The normalized spacial score (nSPS) is 17.6. The number of sulfonamides is 1. The molecule has 1 heterocycles. The van der Waals surface area contributed by atoms with Crippen molar-refractivity contribution in [2.24, 2.45) is 0 Å². The number of hydrogen-bond acceptors (Lipinski definition) is 6. The van der Waals surface area contributed by atoms with Crippen molar-refractivity contribution in [1.82, 2.24) is 9.21 Å². The Hall–Kier alpha value is -2.04. The molecule has 156 valence electrons. The Bertz CT molecular complexity index is 784. The molecule has 1 saturated heterocycles. The molecule has 1 aliphatic heterocycles. The molecule has 1 unspecified atom stereocenters. The van der Waals surface area contributed by atoms with Crippen molar-refractivity contribution in [3.8, 4) is 0 Å². The summed E-state index contributed by atoms with van der Waals surface area (Å²) in [6.07, 6.45) is 0.168. The average molecular weight is 416 g/mol. The fraction of sp³-hybridized carbons (Fsp3) is 0.556. The van der Waals surface area contributed by atoms with Crippen LogP contribution in [0.4, 0.5) is 4.39 Å². The van der Waals surface area contributed by atoms with E-state index in [0.717, 1.165) is 16.4 Å². The van der Waals surface area contributed by atoms with E-state index in [0.29, 0.717) is 19.7 Å². The van der Waals surface area contributed by atoms with Crippen molar-refractivity contribution in [2.75, 3.05) is 39.9 Å². The minimum Gasteiger partial charge on any atom is -0.456 e. The van der Waals surface area contributed by atoms with Crippen LogP contribution in [0.1, 0.15) is 19.8 Å². The van der Waals surface area contributed by atoms with E-state index in [1.54, 1.807) is 4.90 Å². The van der Waals surface area contributed by atoms with E-state index in [-0.39, 0.29) is 42.9 Å². The fourth-order valence-electron chi connectivity index (χ4n) is 2.70. The lowest BCUT2D eigenvalue weighted by Gasteiger charge is -2.30. The second kappa shape index (κ2) is 9.94. The van der Waals surface area contributed by atoms with E-state index in [1.807, 2.05) is 6.92 Å². The lowest BCUT2D eigenvalue weighted by Crippen LogP contribution is -2.46. The molecule has 10 heteroatoms. The van der Waals surface area contributed by atoms with E-state index in [1.165, 1.54) is 19.2 Å². The van der Waals surface area contributed by atoms with Crippen LogP contribution in [0.3, 0.4) is 0 Å². The predicted molar refractivity (Wildman–Crippen MR) is 98.4 cm³/mol. The summed E-state index contributed by atoms with van der Waals surface area (Å²) in [5, 5.41) is 0. The molecule has 0 N–H and O–H groups in total. The van der Waals surface area contributed by atoms with Crippen LogP contribution in [-0.2, 0) is 29.1 Å². The number of halogens is 1. The quantitative estimate of drug-likeness (QED) is 0.588. The molecule has 0 spiro atoms. The smallest absolute Gasteiger partial charge is 0.306 e. The molecular weight excluding hydrogens is 391 g/mol. The Balaban J connectivity index is 1.72. The molecule has 1 fully saturated rings. The zero-order valence-electron chi connectivity index (χ0n) is 16.0. The average Bonchev–Trinajstić information content (AvgIpc) is 2.66. The maximum atomic E-state index is 12.9. The van der Waals surface area contributed by atoms with E-state index < -0.39 is 21.8 Å². The molecular formula is C18H25FN2O6S. The third-order valence-electron chi connectivity index (χ3n) is 4.33. The van der Waals surface area contributed by atoms with Gasteiger partial charge in [-0.05, 0) is 37.6 Å². The zero-order chi connectivity index (χ0) is 20.7. The Morgan fingerprint density at radius 2 is 2.00 bits per heavy atom. The third-order valence-corrected chi connectivity index (χ3v) is 6.20. The van der Waals surface area contributed by atoms with E-state index in [4.69, 9.17) is 9.47 Å². The van der Waals surface area contributed by atoms with Gasteiger partial charge in [-0.1, -0.05) is 0 Å². The van der Waals surface area contributed by atoms with Gasteiger partial charge >= 0.3 is 5.97 Å². The Labute approximate surface area is 164 Å². The van der Waals surface area contributed by atoms with Crippen LogP contribution in [0, 0.1) is 5.82 Å². The van der Waals surface area contributed by atoms with Crippen LogP contribution in [0.5, 0.6) is 0 Å². The van der Waals surface area contributed by atoms with Crippen LogP contribution in [-0.4, -0.2) is 75.5 Å². The van der Waals surface area contributed by atoms with Gasteiger partial charge in [0.15, 0.2) is 6.61 Å². The number of benzene rings is 1. The van der Waals surface area contributed by atoms with Gasteiger partial charge in [0.1, 0.15) is 5.82 Å². The number of carbonyl (C=O) groups is 2. The number of amides is 1. The van der Waals surface area contributed by atoms with Crippen molar-refractivity contribution < 1.29 is 31.9 Å². The summed E-state index contributed by atoms with van der Waals surface area (Å²) in [5.41, 5.74) is 0. The molecule has 0 aromatic heterocycles. The molecule has 2 rings (SSSR count). The number of hydrogen-bond donors (Lipinski definition) is 0. The molecule has 0 aliphatic carbocycles. The number of nitrogens with zero attached hydrogens (tertiary/aromatic N) is 2. The molecule has 1 atom stereocenters. The number of rotatable bonds is 8. The highest BCUT2D eigenvalue weighted by molar-refractivity contribution is 7.89. The molecule has 1 aliphatic rings. The standard InChI is InChI=1S/C18H25FN2O6S/c1-14-12-21(10-11-26-14)17(22)13-27-18(23)4-3-9-20(2)28(24,25)16-7-5-15(19)6-8-16/h5-8,14H,3-4,9-13H2,1-2H3. The summed E-state index contributed by atoms with van der Waals surface area (Å²) in [5.74, 6) is -1.37.